The summed E-state index contributed by atoms with van der Waals surface area (Å²) in [6, 6.07) is 5.95. The molecule has 0 unspecified atom stereocenters. The third kappa shape index (κ3) is 2.14. The van der Waals surface area contributed by atoms with Gasteiger partial charge in [0.25, 0.3) is 0 Å². The van der Waals surface area contributed by atoms with E-state index in [2.05, 4.69) is 31.2 Å². The van der Waals surface area contributed by atoms with Crippen LogP contribution in [0.15, 0.2) is 27.2 Å². The van der Waals surface area contributed by atoms with E-state index < -0.39 is 0 Å². The zero-order valence-corrected chi connectivity index (χ0v) is 13.2. The second-order valence-electron chi connectivity index (χ2n) is 4.67. The third-order valence-corrected chi connectivity index (χ3v) is 4.13. The van der Waals surface area contributed by atoms with Gasteiger partial charge < -0.3 is 14.3 Å². The van der Waals surface area contributed by atoms with Gasteiger partial charge in [-0.15, -0.1) is 0 Å². The second-order valence-corrected chi connectivity index (χ2v) is 5.42. The van der Waals surface area contributed by atoms with Crippen LogP contribution >= 0.6 is 15.9 Å². The van der Waals surface area contributed by atoms with Gasteiger partial charge in [0.2, 0.25) is 0 Å². The molecule has 2 aromatic heterocycles. The molecule has 0 aliphatic rings. The molecule has 3 aromatic rings. The molecule has 5 nitrogen and oxygen atoms in total. The van der Waals surface area contributed by atoms with Gasteiger partial charge in [-0.1, -0.05) is 6.07 Å². The molecule has 0 saturated heterocycles. The number of halogens is 1. The number of hydrogen-bond acceptors (Lipinski definition) is 4. The van der Waals surface area contributed by atoms with E-state index in [0.717, 1.165) is 39.3 Å². The molecular formula is C14H15BrN4O. The molecule has 0 atom stereocenters. The molecule has 3 rings (SSSR count). The van der Waals surface area contributed by atoms with Gasteiger partial charge in [-0.3, -0.25) is 0 Å². The van der Waals surface area contributed by atoms with E-state index >= 15 is 0 Å². The van der Waals surface area contributed by atoms with E-state index in [0.29, 0.717) is 5.89 Å². The van der Waals surface area contributed by atoms with Crippen LogP contribution in [-0.4, -0.2) is 21.6 Å². The molecule has 0 amide bonds. The van der Waals surface area contributed by atoms with Crippen LogP contribution in [0.3, 0.4) is 0 Å². The number of rotatable bonds is 3. The summed E-state index contributed by atoms with van der Waals surface area (Å²) in [7, 11) is 3.90. The van der Waals surface area contributed by atoms with Gasteiger partial charge in [-0.05, 0) is 35.1 Å². The first-order chi connectivity index (χ1) is 9.60. The first-order valence-corrected chi connectivity index (χ1v) is 7.12. The highest BCUT2D eigenvalue weighted by Crippen LogP contribution is 2.30. The number of nitrogens with one attached hydrogen (secondary N) is 1. The first kappa shape index (κ1) is 13.3. The van der Waals surface area contributed by atoms with Crippen LogP contribution in [0.1, 0.15) is 11.7 Å². The summed E-state index contributed by atoms with van der Waals surface area (Å²) < 4.78 is 8.57. The van der Waals surface area contributed by atoms with E-state index in [9.17, 15) is 0 Å². The highest BCUT2D eigenvalue weighted by Gasteiger charge is 2.15. The van der Waals surface area contributed by atoms with Crippen LogP contribution in [0.4, 0.5) is 0 Å². The lowest BCUT2D eigenvalue weighted by atomic mass is 10.1. The van der Waals surface area contributed by atoms with Crippen molar-refractivity contribution in [2.75, 3.05) is 7.05 Å². The Morgan fingerprint density at radius 2 is 2.15 bits per heavy atom. The molecular weight excluding hydrogens is 320 g/mol. The Morgan fingerprint density at radius 3 is 2.90 bits per heavy atom. The van der Waals surface area contributed by atoms with Gasteiger partial charge in [-0.2, -0.15) is 0 Å². The molecule has 104 valence electrons. The summed E-state index contributed by atoms with van der Waals surface area (Å²) in [6.07, 6.45) is 0. The van der Waals surface area contributed by atoms with Gasteiger partial charge in [0.15, 0.2) is 11.5 Å². The molecule has 20 heavy (non-hydrogen) atoms. The summed E-state index contributed by atoms with van der Waals surface area (Å²) in [5.74, 6) is 1.65. The summed E-state index contributed by atoms with van der Waals surface area (Å²) in [5.41, 5.74) is 3.58. The van der Waals surface area contributed by atoms with Crippen LogP contribution in [0, 0.1) is 6.92 Å². The highest BCUT2D eigenvalue weighted by atomic mass is 79.9. The Morgan fingerprint density at radius 1 is 1.35 bits per heavy atom. The van der Waals surface area contributed by atoms with Crippen molar-refractivity contribution in [3.63, 3.8) is 0 Å². The lowest BCUT2D eigenvalue weighted by molar-refractivity contribution is 0.561. The van der Waals surface area contributed by atoms with E-state index in [4.69, 9.17) is 4.42 Å². The number of imidazole rings is 1. The van der Waals surface area contributed by atoms with Gasteiger partial charge in [0.05, 0.1) is 6.54 Å². The number of fused-ring (bicyclic) bond motifs is 1. The molecule has 1 N–H and O–H groups in total. The third-order valence-electron chi connectivity index (χ3n) is 3.22. The Hall–Kier alpha value is -1.66. The molecule has 0 spiro atoms. The van der Waals surface area contributed by atoms with Crippen LogP contribution in [-0.2, 0) is 13.6 Å². The van der Waals surface area contributed by atoms with E-state index in [1.165, 1.54) is 0 Å². The molecule has 1 aromatic carbocycles. The number of aromatic nitrogens is 3. The maximum absolute atomic E-state index is 5.58. The lowest BCUT2D eigenvalue weighted by Crippen LogP contribution is -2.10. The van der Waals surface area contributed by atoms with Gasteiger partial charge >= 0.3 is 0 Å². The van der Waals surface area contributed by atoms with Crippen LogP contribution in [0.25, 0.3) is 22.4 Å². The smallest absolute Gasteiger partial charge is 0.192 e. The highest BCUT2D eigenvalue weighted by molar-refractivity contribution is 9.10. The Kier molecular flexibility index (Phi) is 3.35. The number of nitrogens with zero attached hydrogens (tertiary/aromatic N) is 3. The monoisotopic (exact) mass is 334 g/mol. The van der Waals surface area contributed by atoms with Crippen LogP contribution in [0.5, 0.6) is 0 Å². The molecule has 0 bridgehead atoms. The van der Waals surface area contributed by atoms with Crippen molar-refractivity contribution in [3.05, 3.63) is 34.5 Å². The van der Waals surface area contributed by atoms with Crippen molar-refractivity contribution >= 4 is 27.0 Å². The fourth-order valence-electron chi connectivity index (χ4n) is 2.21. The zero-order chi connectivity index (χ0) is 14.3. The fraction of sp³-hybridized carbons (Fsp3) is 0.286. The topological polar surface area (TPSA) is 55.9 Å². The van der Waals surface area contributed by atoms with E-state index in [-0.39, 0.29) is 0 Å². The Bertz CT molecular complexity index is 775. The maximum Gasteiger partial charge on any atom is 0.192 e. The van der Waals surface area contributed by atoms with Crippen molar-refractivity contribution in [3.8, 4) is 11.3 Å². The number of aryl methyl sites for hydroxylation is 1. The second kappa shape index (κ2) is 5.03. The standard InChI is InChI=1S/C14H15BrN4O/c1-8-17-10-5-4-9(6-11(10)20-8)13-14(15)19(3)12(18-13)7-16-2/h4-6,16H,7H2,1-3H3. The van der Waals surface area contributed by atoms with Gasteiger partial charge in [0.1, 0.15) is 21.6 Å². The minimum Gasteiger partial charge on any atom is -0.441 e. The predicted octanol–water partition coefficient (Wildman–Crippen LogP) is 3.02. The predicted molar refractivity (Wildman–Crippen MR) is 81.4 cm³/mol. The summed E-state index contributed by atoms with van der Waals surface area (Å²) in [5, 5.41) is 3.12. The van der Waals surface area contributed by atoms with Crippen molar-refractivity contribution in [1.29, 1.82) is 0 Å². The van der Waals surface area contributed by atoms with Crippen LogP contribution in [0.2, 0.25) is 0 Å². The average Bonchev–Trinajstić information content (AvgIpc) is 2.92. The zero-order valence-electron chi connectivity index (χ0n) is 11.6. The average molecular weight is 335 g/mol. The summed E-state index contributed by atoms with van der Waals surface area (Å²) >= 11 is 3.60. The first-order valence-electron chi connectivity index (χ1n) is 6.33. The van der Waals surface area contributed by atoms with Crippen molar-refractivity contribution in [2.24, 2.45) is 7.05 Å². The van der Waals surface area contributed by atoms with Crippen molar-refractivity contribution in [2.45, 2.75) is 13.5 Å². The van der Waals surface area contributed by atoms with Crippen molar-refractivity contribution < 1.29 is 4.42 Å². The molecule has 6 heteroatoms. The van der Waals surface area contributed by atoms with E-state index in [1.54, 1.807) is 0 Å². The van der Waals surface area contributed by atoms with Crippen molar-refractivity contribution in [1.82, 2.24) is 19.9 Å². The Balaban J connectivity index is 2.12. The summed E-state index contributed by atoms with van der Waals surface area (Å²) in [6.45, 7) is 2.57. The number of oxazole rings is 1. The fourth-order valence-corrected chi connectivity index (χ4v) is 2.73. The normalized spacial score (nSPS) is 11.4. The van der Waals surface area contributed by atoms with Crippen LogP contribution < -0.4 is 5.32 Å². The molecule has 0 radical (unpaired) electrons. The Labute approximate surface area is 125 Å². The maximum atomic E-state index is 5.58. The van der Waals surface area contributed by atoms with E-state index in [1.807, 2.05) is 43.8 Å². The summed E-state index contributed by atoms with van der Waals surface area (Å²) in [4.78, 5) is 8.98. The SMILES string of the molecule is CNCc1nc(-c2ccc3nc(C)oc3c2)c(Br)n1C. The minimum absolute atomic E-state index is 0.674. The lowest BCUT2D eigenvalue weighted by Gasteiger charge is -2.00. The largest absolute Gasteiger partial charge is 0.441 e. The molecule has 0 fully saturated rings. The molecule has 0 aliphatic heterocycles. The minimum atomic E-state index is 0.674. The number of hydrogen-bond donors (Lipinski definition) is 1. The quantitative estimate of drug-likeness (QED) is 0.799. The van der Waals surface area contributed by atoms with Gasteiger partial charge in [-0.25, -0.2) is 9.97 Å². The van der Waals surface area contributed by atoms with Gasteiger partial charge in [0, 0.05) is 19.5 Å². The number of benzene rings is 1. The molecule has 2 heterocycles. The molecule has 0 saturated carbocycles. The molecule has 0 aliphatic carbocycles.